The van der Waals surface area contributed by atoms with Crippen LogP contribution in [0.2, 0.25) is 0 Å². The molecule has 4 aliphatic heterocycles. The second kappa shape index (κ2) is 16.1. The van der Waals surface area contributed by atoms with E-state index in [-0.39, 0.29) is 28.2 Å². The van der Waals surface area contributed by atoms with Crippen LogP contribution in [0.15, 0.2) is 60.7 Å². The van der Waals surface area contributed by atoms with Gasteiger partial charge in [-0.05, 0) is 0 Å². The van der Waals surface area contributed by atoms with Crippen LogP contribution in [0.25, 0.3) is 0 Å². The molecular formula is C35H40O15Se. The number of carbonyl (C=O) groups is 4. The summed E-state index contributed by atoms with van der Waals surface area (Å²) < 4.78 is 67.8. The van der Waals surface area contributed by atoms with E-state index in [1.165, 1.54) is 34.6 Å². The summed E-state index contributed by atoms with van der Waals surface area (Å²) in [6.07, 6.45) is -10.3. The zero-order valence-electron chi connectivity index (χ0n) is 28.6. The summed E-state index contributed by atoms with van der Waals surface area (Å²) in [5, 5.41) is -0.644. The summed E-state index contributed by atoms with van der Waals surface area (Å²) in [4.78, 5) is 48.8. The predicted octanol–water partition coefficient (Wildman–Crippen LogP) is 1.41. The van der Waals surface area contributed by atoms with Crippen molar-refractivity contribution in [3.8, 4) is 0 Å². The third-order valence-corrected chi connectivity index (χ3v) is 10.8. The zero-order valence-corrected chi connectivity index (χ0v) is 30.3. The van der Waals surface area contributed by atoms with Gasteiger partial charge in [0.25, 0.3) is 0 Å². The van der Waals surface area contributed by atoms with E-state index in [0.717, 1.165) is 10.0 Å². The molecule has 51 heavy (non-hydrogen) atoms. The zero-order chi connectivity index (χ0) is 36.3. The molecule has 0 spiro atoms. The molecule has 0 amide bonds. The molecule has 16 heteroatoms. The van der Waals surface area contributed by atoms with Gasteiger partial charge >= 0.3 is 289 Å². The number of hydrogen-bond acceptors (Lipinski definition) is 15. The van der Waals surface area contributed by atoms with Crippen LogP contribution in [0, 0.1) is 0 Å². The summed E-state index contributed by atoms with van der Waals surface area (Å²) in [6.45, 7) is 6.16. The minimum atomic E-state index is -1.93. The average molecular weight is 780 g/mol. The van der Waals surface area contributed by atoms with Crippen molar-refractivity contribution in [2.75, 3.05) is 13.2 Å². The molecule has 0 saturated carbocycles. The number of fused-ring (bicyclic) bond motifs is 2. The maximum atomic E-state index is 12.6. The van der Waals surface area contributed by atoms with Gasteiger partial charge in [-0.25, -0.2) is 0 Å². The van der Waals surface area contributed by atoms with Crippen LogP contribution < -0.4 is 4.46 Å². The Bertz CT molecular complexity index is 1540. The molecule has 12 atom stereocenters. The second-order valence-electron chi connectivity index (χ2n) is 12.4. The fourth-order valence-corrected chi connectivity index (χ4v) is 8.75. The van der Waals surface area contributed by atoms with Crippen LogP contribution >= 0.6 is 0 Å². The van der Waals surface area contributed by atoms with E-state index in [9.17, 15) is 19.2 Å². The molecule has 6 rings (SSSR count). The fourth-order valence-electron chi connectivity index (χ4n) is 6.39. The minimum absolute atomic E-state index is 0.140. The summed E-state index contributed by atoms with van der Waals surface area (Å²) in [5.41, 5.74) is 0.757. The SMILES string of the molecule is CC(=O)OC[C@H]1O[C@@H]2O[C@@](C)(O[C@@H]3[C@@H](OC(C)=O)[C@H]([Se]c4ccccc4)O[C@@H]4CO[C@@H](c5ccccc5)O[C@@H]34)O[C@@H]2[C@@H](OC(C)=O)[C@@H]1OC(C)=O. The first-order valence-electron chi connectivity index (χ1n) is 16.4. The molecule has 0 N–H and O–H groups in total. The number of carbonyl (C=O) groups excluding carboxylic acids is 4. The van der Waals surface area contributed by atoms with E-state index in [0.29, 0.717) is 0 Å². The van der Waals surface area contributed by atoms with Crippen LogP contribution in [0.5, 0.6) is 0 Å². The van der Waals surface area contributed by atoms with Gasteiger partial charge < -0.3 is 0 Å². The number of rotatable bonds is 10. The van der Waals surface area contributed by atoms with E-state index in [4.69, 9.17) is 52.1 Å². The molecule has 4 aliphatic rings. The number of hydrogen-bond donors (Lipinski definition) is 0. The molecule has 0 radical (unpaired) electrons. The number of ether oxygens (including phenoxy) is 11. The van der Waals surface area contributed by atoms with Crippen LogP contribution in [-0.4, -0.2) is 118 Å². The molecule has 0 bridgehead atoms. The van der Waals surface area contributed by atoms with Crippen molar-refractivity contribution in [3.63, 3.8) is 0 Å². The monoisotopic (exact) mass is 780 g/mol. The molecular weight excluding hydrogens is 739 g/mol. The Kier molecular flexibility index (Phi) is 11.8. The first-order chi connectivity index (χ1) is 24.4. The third-order valence-electron chi connectivity index (χ3n) is 8.33. The first kappa shape index (κ1) is 37.3. The quantitative estimate of drug-likeness (QED) is 0.193. The fraction of sp³-hybridized carbons (Fsp3) is 0.543. The van der Waals surface area contributed by atoms with E-state index in [1.54, 1.807) is 0 Å². The van der Waals surface area contributed by atoms with Crippen LogP contribution in [0.3, 0.4) is 0 Å². The van der Waals surface area contributed by atoms with Crippen molar-refractivity contribution in [2.45, 2.75) is 107 Å². The van der Waals surface area contributed by atoms with Crippen LogP contribution in [-0.2, 0) is 71.3 Å². The maximum absolute atomic E-state index is 12.6. The predicted molar refractivity (Wildman–Crippen MR) is 172 cm³/mol. The van der Waals surface area contributed by atoms with Crippen molar-refractivity contribution in [1.29, 1.82) is 0 Å². The van der Waals surface area contributed by atoms with E-state index >= 15 is 0 Å². The van der Waals surface area contributed by atoms with Gasteiger partial charge in [0.2, 0.25) is 0 Å². The molecule has 4 fully saturated rings. The molecule has 0 aromatic heterocycles. The van der Waals surface area contributed by atoms with E-state index < -0.39 is 96.3 Å². The van der Waals surface area contributed by atoms with E-state index in [2.05, 4.69) is 0 Å². The Morgan fingerprint density at radius 1 is 0.725 bits per heavy atom. The van der Waals surface area contributed by atoms with Crippen molar-refractivity contribution >= 4 is 43.3 Å². The molecule has 15 nitrogen and oxygen atoms in total. The van der Waals surface area contributed by atoms with E-state index in [1.807, 2.05) is 60.7 Å². The molecule has 2 aromatic carbocycles. The number of benzene rings is 2. The van der Waals surface area contributed by atoms with Gasteiger partial charge in [0.1, 0.15) is 0 Å². The summed E-state index contributed by atoms with van der Waals surface area (Å²) in [7, 11) is 0. The van der Waals surface area contributed by atoms with Gasteiger partial charge in [-0.15, -0.1) is 0 Å². The molecule has 0 aliphatic carbocycles. The standard InChI is InChI=1S/C35H40O15Se/c1-18(36)40-16-24-26(42-19(2)37)28(43-20(3)38)30-33(45-24)50-35(5,49-30)48-29-27-25(17-41-32(47-27)22-12-8-6-9-13-22)46-34(31(29)44-21(4)39)51-23-14-10-7-11-15-23/h6-15,24-34H,16-17H2,1-5H3/t24-,25-,26-,27-,28+,29+,30-,31-,32-,33-,34+,35+/m1/s1. The molecule has 276 valence electrons. The number of esters is 4. The molecule has 0 unspecified atom stereocenters. The Morgan fingerprint density at radius 3 is 2.00 bits per heavy atom. The molecule has 2 aromatic rings. The normalized spacial score (nSPS) is 35.8. The molecule has 4 heterocycles. The van der Waals surface area contributed by atoms with Crippen molar-refractivity contribution in [1.82, 2.24) is 0 Å². The Labute approximate surface area is 300 Å². The van der Waals surface area contributed by atoms with Gasteiger partial charge in [0.15, 0.2) is 0 Å². The third kappa shape index (κ3) is 8.96. The van der Waals surface area contributed by atoms with Crippen LogP contribution in [0.4, 0.5) is 0 Å². The summed E-state index contributed by atoms with van der Waals surface area (Å²) >= 11 is -0.374. The van der Waals surface area contributed by atoms with Crippen molar-refractivity contribution < 1.29 is 71.3 Å². The Hall–Kier alpha value is -3.44. The molecule has 4 saturated heterocycles. The van der Waals surface area contributed by atoms with Crippen LogP contribution in [0.1, 0.15) is 46.5 Å². The topological polar surface area (TPSA) is 170 Å². The van der Waals surface area contributed by atoms with Crippen molar-refractivity contribution in [2.24, 2.45) is 0 Å². The Balaban J connectivity index is 1.33. The van der Waals surface area contributed by atoms with Gasteiger partial charge in [-0.3, -0.25) is 4.79 Å². The first-order valence-corrected chi connectivity index (χ1v) is 18.3. The second-order valence-corrected chi connectivity index (χ2v) is 14.8. The van der Waals surface area contributed by atoms with Crippen molar-refractivity contribution in [3.05, 3.63) is 66.2 Å². The summed E-state index contributed by atoms with van der Waals surface area (Å²) in [5.74, 6) is -4.50. The van der Waals surface area contributed by atoms with Gasteiger partial charge in [0, 0.05) is 6.92 Å². The van der Waals surface area contributed by atoms with Gasteiger partial charge in [-0.2, -0.15) is 0 Å². The van der Waals surface area contributed by atoms with Gasteiger partial charge in [-0.1, -0.05) is 0 Å². The average Bonchev–Trinajstić information content (AvgIpc) is 3.42. The summed E-state index contributed by atoms with van der Waals surface area (Å²) in [6, 6.07) is 19.0. The Morgan fingerprint density at radius 2 is 1.35 bits per heavy atom. The van der Waals surface area contributed by atoms with Gasteiger partial charge in [0.05, 0.1) is 0 Å².